The lowest BCUT2D eigenvalue weighted by atomic mass is 9.99. The van der Waals surface area contributed by atoms with Gasteiger partial charge in [-0.25, -0.2) is 0 Å². The highest BCUT2D eigenvalue weighted by molar-refractivity contribution is 14.0. The first-order valence-corrected chi connectivity index (χ1v) is 9.93. The van der Waals surface area contributed by atoms with E-state index in [1.807, 2.05) is 6.07 Å². The average Bonchev–Trinajstić information content (AvgIpc) is 3.22. The summed E-state index contributed by atoms with van der Waals surface area (Å²) in [5.41, 5.74) is 1.59. The molecular weight excluding hydrogens is 497 g/mol. The summed E-state index contributed by atoms with van der Waals surface area (Å²) in [5, 5.41) is 13.4. The van der Waals surface area contributed by atoms with Gasteiger partial charge in [-0.2, -0.15) is 0 Å². The molecule has 0 spiro atoms. The first kappa shape index (κ1) is 25.7. The molecule has 2 rings (SSSR count). The highest BCUT2D eigenvalue weighted by Gasteiger charge is 2.13. The standard InChI is InChI=1S/C21H31N5O3.HI/c1-5-15(6-2)19-13-18(29-26-19)14-25-21(22-3)24-12-11-23-20(27)16-7-9-17(28-4)10-8-16;/h7-10,13,15H,5-6,11-12,14H2,1-4H3,(H,23,27)(H2,22,24,25);1H. The van der Waals surface area contributed by atoms with Crippen molar-refractivity contribution in [3.63, 3.8) is 0 Å². The van der Waals surface area contributed by atoms with Gasteiger partial charge < -0.3 is 25.2 Å². The number of benzene rings is 1. The van der Waals surface area contributed by atoms with Crippen LogP contribution in [0.4, 0.5) is 0 Å². The quantitative estimate of drug-likeness (QED) is 0.189. The van der Waals surface area contributed by atoms with Gasteiger partial charge in [-0.3, -0.25) is 9.79 Å². The van der Waals surface area contributed by atoms with Crippen LogP contribution in [-0.2, 0) is 6.54 Å². The monoisotopic (exact) mass is 529 g/mol. The predicted octanol–water partition coefficient (Wildman–Crippen LogP) is 3.30. The molecule has 166 valence electrons. The lowest BCUT2D eigenvalue weighted by Gasteiger charge is -2.11. The van der Waals surface area contributed by atoms with Crippen molar-refractivity contribution in [3.8, 4) is 5.75 Å². The van der Waals surface area contributed by atoms with E-state index in [2.05, 4.69) is 39.9 Å². The molecular formula is C21H32IN5O3. The van der Waals surface area contributed by atoms with Crippen LogP contribution < -0.4 is 20.7 Å². The Hall–Kier alpha value is -2.30. The summed E-state index contributed by atoms with van der Waals surface area (Å²) in [6, 6.07) is 8.98. The van der Waals surface area contributed by atoms with Gasteiger partial charge in [0.25, 0.3) is 5.91 Å². The van der Waals surface area contributed by atoms with E-state index in [9.17, 15) is 4.79 Å². The van der Waals surface area contributed by atoms with Gasteiger partial charge in [0.2, 0.25) is 0 Å². The molecule has 0 aliphatic rings. The van der Waals surface area contributed by atoms with Crippen LogP contribution in [-0.4, -0.2) is 44.3 Å². The number of halogens is 1. The molecule has 0 saturated carbocycles. The molecule has 0 radical (unpaired) electrons. The Kier molecular flexibility index (Phi) is 11.9. The lowest BCUT2D eigenvalue weighted by molar-refractivity contribution is 0.0954. The van der Waals surface area contributed by atoms with E-state index in [-0.39, 0.29) is 29.9 Å². The third kappa shape index (κ3) is 7.85. The minimum absolute atomic E-state index is 0. The topological polar surface area (TPSA) is 101 Å². The Morgan fingerprint density at radius 2 is 1.80 bits per heavy atom. The first-order chi connectivity index (χ1) is 14.1. The summed E-state index contributed by atoms with van der Waals surface area (Å²) in [6.45, 7) is 5.80. The van der Waals surface area contributed by atoms with Crippen molar-refractivity contribution in [2.24, 2.45) is 4.99 Å². The normalized spacial score (nSPS) is 11.0. The van der Waals surface area contributed by atoms with Gasteiger partial charge in [0.05, 0.1) is 19.3 Å². The molecule has 2 aromatic rings. The van der Waals surface area contributed by atoms with Gasteiger partial charge in [-0.1, -0.05) is 19.0 Å². The number of aromatic nitrogens is 1. The number of carbonyl (C=O) groups excluding carboxylic acids is 1. The van der Waals surface area contributed by atoms with Crippen LogP contribution >= 0.6 is 24.0 Å². The number of guanidine groups is 1. The second-order valence-corrected chi connectivity index (χ2v) is 6.57. The zero-order valence-electron chi connectivity index (χ0n) is 18.0. The average molecular weight is 529 g/mol. The Balaban J connectivity index is 0.00000450. The second-order valence-electron chi connectivity index (χ2n) is 6.57. The molecule has 0 unspecified atom stereocenters. The van der Waals surface area contributed by atoms with Crippen LogP contribution in [0.2, 0.25) is 0 Å². The SMILES string of the molecule is CCC(CC)c1cc(CNC(=NC)NCCNC(=O)c2ccc(OC)cc2)on1.I. The van der Waals surface area contributed by atoms with Gasteiger partial charge in [0.1, 0.15) is 5.75 Å². The largest absolute Gasteiger partial charge is 0.497 e. The minimum Gasteiger partial charge on any atom is -0.497 e. The van der Waals surface area contributed by atoms with Crippen molar-refractivity contribution in [2.75, 3.05) is 27.2 Å². The maximum atomic E-state index is 12.1. The number of rotatable bonds is 10. The van der Waals surface area contributed by atoms with Crippen molar-refractivity contribution in [1.82, 2.24) is 21.1 Å². The molecule has 1 aromatic carbocycles. The van der Waals surface area contributed by atoms with Crippen LogP contribution in [0.25, 0.3) is 0 Å². The summed E-state index contributed by atoms with van der Waals surface area (Å²) >= 11 is 0. The van der Waals surface area contributed by atoms with Gasteiger partial charge in [-0.05, 0) is 37.1 Å². The number of methoxy groups -OCH3 is 1. The molecule has 9 heteroatoms. The van der Waals surface area contributed by atoms with Crippen LogP contribution in [0.1, 0.15) is 54.4 Å². The number of amides is 1. The minimum atomic E-state index is -0.131. The Labute approximate surface area is 195 Å². The number of nitrogens with one attached hydrogen (secondary N) is 3. The van der Waals surface area contributed by atoms with Gasteiger partial charge in [-0.15, -0.1) is 24.0 Å². The fraction of sp³-hybridized carbons (Fsp3) is 0.476. The maximum Gasteiger partial charge on any atom is 0.251 e. The van der Waals surface area contributed by atoms with Crippen molar-refractivity contribution in [3.05, 3.63) is 47.3 Å². The van der Waals surface area contributed by atoms with Crippen LogP contribution in [0.3, 0.4) is 0 Å². The van der Waals surface area contributed by atoms with Gasteiger partial charge in [0, 0.05) is 37.7 Å². The second kappa shape index (κ2) is 13.8. The van der Waals surface area contributed by atoms with Crippen molar-refractivity contribution < 1.29 is 14.1 Å². The van der Waals surface area contributed by atoms with Crippen molar-refractivity contribution in [2.45, 2.75) is 39.2 Å². The van der Waals surface area contributed by atoms with E-state index < -0.39 is 0 Å². The molecule has 8 nitrogen and oxygen atoms in total. The maximum absolute atomic E-state index is 12.1. The molecule has 0 atom stereocenters. The summed E-state index contributed by atoms with van der Waals surface area (Å²) in [5.74, 6) is 2.41. The molecule has 30 heavy (non-hydrogen) atoms. The summed E-state index contributed by atoms with van der Waals surface area (Å²) in [6.07, 6.45) is 2.09. The van der Waals surface area contributed by atoms with E-state index in [1.54, 1.807) is 38.4 Å². The molecule has 0 aliphatic heterocycles. The third-order valence-electron chi connectivity index (χ3n) is 4.69. The molecule has 0 bridgehead atoms. The molecule has 1 amide bonds. The van der Waals surface area contributed by atoms with E-state index in [4.69, 9.17) is 9.26 Å². The molecule has 0 saturated heterocycles. The first-order valence-electron chi connectivity index (χ1n) is 9.93. The third-order valence-corrected chi connectivity index (χ3v) is 4.69. The van der Waals surface area contributed by atoms with E-state index >= 15 is 0 Å². The number of nitrogens with zero attached hydrogens (tertiary/aromatic N) is 2. The highest BCUT2D eigenvalue weighted by atomic mass is 127. The van der Waals surface area contributed by atoms with E-state index in [0.717, 1.165) is 30.0 Å². The zero-order valence-corrected chi connectivity index (χ0v) is 20.4. The zero-order chi connectivity index (χ0) is 21.1. The van der Waals surface area contributed by atoms with Crippen LogP contribution in [0, 0.1) is 0 Å². The van der Waals surface area contributed by atoms with Crippen molar-refractivity contribution >= 4 is 35.8 Å². The molecule has 0 aliphatic carbocycles. The van der Waals surface area contributed by atoms with Crippen molar-refractivity contribution in [1.29, 1.82) is 0 Å². The molecule has 3 N–H and O–H groups in total. The fourth-order valence-electron chi connectivity index (χ4n) is 2.90. The highest BCUT2D eigenvalue weighted by Crippen LogP contribution is 2.22. The lowest BCUT2D eigenvalue weighted by Crippen LogP contribution is -2.41. The molecule has 1 aromatic heterocycles. The number of carbonyl (C=O) groups is 1. The summed E-state index contributed by atoms with van der Waals surface area (Å²) < 4.78 is 10.5. The Morgan fingerprint density at radius 3 is 2.40 bits per heavy atom. The predicted molar refractivity (Wildman–Crippen MR) is 129 cm³/mol. The molecule has 0 fully saturated rings. The summed E-state index contributed by atoms with van der Waals surface area (Å²) in [4.78, 5) is 16.3. The molecule has 1 heterocycles. The fourth-order valence-corrected chi connectivity index (χ4v) is 2.90. The number of ether oxygens (including phenoxy) is 1. The van der Waals surface area contributed by atoms with Crippen LogP contribution in [0.5, 0.6) is 5.75 Å². The Bertz CT molecular complexity index is 788. The van der Waals surface area contributed by atoms with Gasteiger partial charge in [0.15, 0.2) is 11.7 Å². The number of hydrogen-bond acceptors (Lipinski definition) is 5. The number of hydrogen-bond donors (Lipinski definition) is 3. The smallest absolute Gasteiger partial charge is 0.251 e. The van der Waals surface area contributed by atoms with Gasteiger partial charge >= 0.3 is 0 Å². The summed E-state index contributed by atoms with van der Waals surface area (Å²) in [7, 11) is 3.29. The van der Waals surface area contributed by atoms with E-state index in [0.29, 0.717) is 37.1 Å². The van der Waals surface area contributed by atoms with Crippen LogP contribution in [0.15, 0.2) is 39.8 Å². The number of aliphatic imine (C=N–C) groups is 1. The van der Waals surface area contributed by atoms with E-state index in [1.165, 1.54) is 0 Å². The Morgan fingerprint density at radius 1 is 1.13 bits per heavy atom.